The molecule has 2 aliphatic heterocycles. The van der Waals surface area contributed by atoms with Gasteiger partial charge in [0.05, 0.1) is 19.1 Å². The molecule has 16 heteroatoms. The number of carboxylic acids is 2. The van der Waals surface area contributed by atoms with Crippen LogP contribution in [0.3, 0.4) is 0 Å². The van der Waals surface area contributed by atoms with Crippen molar-refractivity contribution in [1.29, 1.82) is 0 Å². The van der Waals surface area contributed by atoms with Gasteiger partial charge in [-0.25, -0.2) is 9.59 Å². The number of carboxylic acid groups (broad SMARTS) is 2. The van der Waals surface area contributed by atoms with E-state index in [1.165, 1.54) is 5.56 Å². The van der Waals surface area contributed by atoms with Gasteiger partial charge in [0.2, 0.25) is 5.91 Å². The zero-order valence-electron chi connectivity index (χ0n) is 20.2. The molecule has 1 amide bonds. The summed E-state index contributed by atoms with van der Waals surface area (Å²) in [5.41, 5.74) is 2.34. The van der Waals surface area contributed by atoms with Crippen molar-refractivity contribution in [3.8, 4) is 0 Å². The minimum absolute atomic E-state index is 0.172. The summed E-state index contributed by atoms with van der Waals surface area (Å²) in [6.07, 6.45) is -5.76. The predicted molar refractivity (Wildman–Crippen MR) is 125 cm³/mol. The third kappa shape index (κ3) is 11.2. The van der Waals surface area contributed by atoms with Gasteiger partial charge in [-0.05, 0) is 34.0 Å². The maximum absolute atomic E-state index is 12.6. The number of fused-ring (bicyclic) bond motifs is 1. The Balaban J connectivity index is 0.000000317. The van der Waals surface area contributed by atoms with Gasteiger partial charge in [0.15, 0.2) is 0 Å². The summed E-state index contributed by atoms with van der Waals surface area (Å²) in [5, 5.41) is 18.3. The molecule has 2 saturated heterocycles. The molecule has 0 unspecified atom stereocenters. The SMILES string of the molecule is O=C(Cc1ccsc1)N1C[C@@H]2CN(Cc3cccnc3)CCO[C@@H]2C1.O=C(O)C(F)(F)F.O=C(O)C(F)(F)F. The number of aliphatic carboxylic acids is 2. The molecule has 2 aromatic heterocycles. The highest BCUT2D eigenvalue weighted by molar-refractivity contribution is 7.08. The highest BCUT2D eigenvalue weighted by Crippen LogP contribution is 2.25. The number of likely N-dealkylation sites (tertiary alicyclic amines) is 1. The molecule has 0 bridgehead atoms. The molecular weight excluding hydrogens is 560 g/mol. The number of halogens is 6. The Labute approximate surface area is 222 Å². The van der Waals surface area contributed by atoms with Crippen molar-refractivity contribution in [2.75, 3.05) is 32.8 Å². The van der Waals surface area contributed by atoms with Crippen LogP contribution >= 0.6 is 11.3 Å². The van der Waals surface area contributed by atoms with Gasteiger partial charge in [0.25, 0.3) is 0 Å². The van der Waals surface area contributed by atoms with Gasteiger partial charge in [-0.2, -0.15) is 37.7 Å². The van der Waals surface area contributed by atoms with E-state index in [2.05, 4.69) is 21.3 Å². The van der Waals surface area contributed by atoms with Crippen LogP contribution in [0, 0.1) is 5.92 Å². The summed E-state index contributed by atoms with van der Waals surface area (Å²) < 4.78 is 69.5. The van der Waals surface area contributed by atoms with Crippen molar-refractivity contribution in [2.45, 2.75) is 31.4 Å². The summed E-state index contributed by atoms with van der Waals surface area (Å²) in [6.45, 7) is 5.06. The number of amides is 1. The number of carbonyl (C=O) groups is 3. The average molecular weight is 586 g/mol. The third-order valence-corrected chi connectivity index (χ3v) is 6.25. The lowest BCUT2D eigenvalue weighted by Crippen LogP contribution is -2.34. The summed E-state index contributed by atoms with van der Waals surface area (Å²) in [4.78, 5) is 39.0. The second-order valence-corrected chi connectivity index (χ2v) is 9.26. The highest BCUT2D eigenvalue weighted by Gasteiger charge is 2.39. The molecule has 0 spiro atoms. The number of hydrogen-bond donors (Lipinski definition) is 2. The Morgan fingerprint density at radius 3 is 2.15 bits per heavy atom. The molecule has 0 aromatic carbocycles. The van der Waals surface area contributed by atoms with Crippen molar-refractivity contribution >= 4 is 29.2 Å². The van der Waals surface area contributed by atoms with E-state index in [1.807, 2.05) is 28.6 Å². The zero-order valence-corrected chi connectivity index (χ0v) is 21.0. The van der Waals surface area contributed by atoms with Gasteiger partial charge in [0.1, 0.15) is 0 Å². The molecule has 0 saturated carbocycles. The number of hydrogen-bond acceptors (Lipinski definition) is 7. The van der Waals surface area contributed by atoms with E-state index in [0.29, 0.717) is 12.3 Å². The van der Waals surface area contributed by atoms with Crippen LogP contribution in [0.15, 0.2) is 41.4 Å². The first kappa shape index (κ1) is 32.0. The van der Waals surface area contributed by atoms with Crippen molar-refractivity contribution < 1.29 is 55.7 Å². The molecular formula is C23H25F6N3O6S. The molecule has 216 valence electrons. The molecule has 2 N–H and O–H groups in total. The van der Waals surface area contributed by atoms with Crippen LogP contribution in [-0.2, 0) is 32.1 Å². The fourth-order valence-corrected chi connectivity index (χ4v) is 4.41. The third-order valence-electron chi connectivity index (χ3n) is 5.52. The molecule has 2 fully saturated rings. The van der Waals surface area contributed by atoms with Gasteiger partial charge in [0, 0.05) is 51.0 Å². The van der Waals surface area contributed by atoms with Gasteiger partial charge in [-0.1, -0.05) is 6.07 Å². The molecule has 4 rings (SSSR count). The largest absolute Gasteiger partial charge is 0.490 e. The molecule has 39 heavy (non-hydrogen) atoms. The molecule has 2 aliphatic rings. The molecule has 0 aliphatic carbocycles. The van der Waals surface area contributed by atoms with Crippen molar-refractivity contribution in [3.05, 3.63) is 52.5 Å². The number of nitrogens with zero attached hydrogens (tertiary/aromatic N) is 3. The minimum atomic E-state index is -5.08. The highest BCUT2D eigenvalue weighted by atomic mass is 32.1. The smallest absolute Gasteiger partial charge is 0.475 e. The number of pyridine rings is 1. The fraction of sp³-hybridized carbons (Fsp3) is 0.478. The number of ether oxygens (including phenoxy) is 1. The van der Waals surface area contributed by atoms with Crippen LogP contribution in [0.25, 0.3) is 0 Å². The summed E-state index contributed by atoms with van der Waals surface area (Å²) >= 11 is 1.64. The van der Waals surface area contributed by atoms with E-state index in [4.69, 9.17) is 24.5 Å². The number of aromatic nitrogens is 1. The van der Waals surface area contributed by atoms with Gasteiger partial charge in [-0.15, -0.1) is 0 Å². The number of thiophene rings is 1. The summed E-state index contributed by atoms with van der Waals surface area (Å²) in [7, 11) is 0. The lowest BCUT2D eigenvalue weighted by molar-refractivity contribution is -0.193. The van der Waals surface area contributed by atoms with Crippen molar-refractivity contribution in [1.82, 2.24) is 14.8 Å². The first-order valence-electron chi connectivity index (χ1n) is 11.3. The normalized spacial score (nSPS) is 19.5. The average Bonchev–Trinajstić information content (AvgIpc) is 3.45. The first-order valence-corrected chi connectivity index (χ1v) is 12.2. The van der Waals surface area contributed by atoms with Gasteiger partial charge >= 0.3 is 24.3 Å². The van der Waals surface area contributed by atoms with Crippen LogP contribution in [0.4, 0.5) is 26.3 Å². The maximum Gasteiger partial charge on any atom is 0.490 e. The van der Waals surface area contributed by atoms with E-state index in [0.717, 1.165) is 44.9 Å². The van der Waals surface area contributed by atoms with Crippen LogP contribution in [0.5, 0.6) is 0 Å². The molecule has 2 atom stereocenters. The lowest BCUT2D eigenvalue weighted by atomic mass is 10.1. The van der Waals surface area contributed by atoms with Crippen molar-refractivity contribution in [2.24, 2.45) is 5.92 Å². The molecule has 9 nitrogen and oxygen atoms in total. The Morgan fingerprint density at radius 2 is 1.64 bits per heavy atom. The van der Waals surface area contributed by atoms with Crippen LogP contribution in [0.1, 0.15) is 11.1 Å². The Morgan fingerprint density at radius 1 is 1.00 bits per heavy atom. The standard InChI is InChI=1S/C19H23N3O2S.2C2HF3O2/c23-19(8-15-3-7-25-14-15)22-12-17-11-21(5-6-24-18(17)13-22)10-16-2-1-4-20-9-16;2*3-2(4,5)1(6)7/h1-4,7,9,14,17-18H,5-6,8,10-13H2;2*(H,6,7)/t17-,18+;;/m0../s1. The second-order valence-electron chi connectivity index (χ2n) is 8.48. The number of rotatable bonds is 4. The van der Waals surface area contributed by atoms with E-state index in [1.54, 1.807) is 17.5 Å². The van der Waals surface area contributed by atoms with E-state index in [-0.39, 0.29) is 12.0 Å². The van der Waals surface area contributed by atoms with Crippen LogP contribution in [0.2, 0.25) is 0 Å². The number of alkyl halides is 6. The zero-order chi connectivity index (χ0) is 29.2. The topological polar surface area (TPSA) is 120 Å². The van der Waals surface area contributed by atoms with Crippen LogP contribution in [-0.4, -0.2) is 94.1 Å². The van der Waals surface area contributed by atoms with E-state index < -0.39 is 24.3 Å². The number of carbonyl (C=O) groups excluding carboxylic acids is 1. The summed E-state index contributed by atoms with van der Waals surface area (Å²) in [5.74, 6) is -4.90. The van der Waals surface area contributed by atoms with Crippen LogP contribution < -0.4 is 0 Å². The maximum atomic E-state index is 12.6. The van der Waals surface area contributed by atoms with Gasteiger partial charge in [-0.3, -0.25) is 14.7 Å². The monoisotopic (exact) mass is 585 g/mol. The van der Waals surface area contributed by atoms with Crippen molar-refractivity contribution in [3.63, 3.8) is 0 Å². The molecule has 0 radical (unpaired) electrons. The molecule has 4 heterocycles. The summed E-state index contributed by atoms with van der Waals surface area (Å²) in [6, 6.07) is 6.12. The lowest BCUT2D eigenvalue weighted by Gasteiger charge is -2.23. The van der Waals surface area contributed by atoms with E-state index >= 15 is 0 Å². The minimum Gasteiger partial charge on any atom is -0.475 e. The fourth-order valence-electron chi connectivity index (χ4n) is 3.74. The van der Waals surface area contributed by atoms with Gasteiger partial charge < -0.3 is 19.8 Å². The first-order chi connectivity index (χ1) is 18.2. The Hall–Kier alpha value is -3.24. The Bertz CT molecular complexity index is 1040. The van der Waals surface area contributed by atoms with E-state index in [9.17, 15) is 31.1 Å². The quantitative estimate of drug-likeness (QED) is 0.525. The Kier molecular flexibility index (Phi) is 11.7. The second kappa shape index (κ2) is 14.2. The molecule has 2 aromatic rings. The predicted octanol–water partition coefficient (Wildman–Crippen LogP) is 3.31.